The lowest BCUT2D eigenvalue weighted by molar-refractivity contribution is -0.120. The zero-order chi connectivity index (χ0) is 13.9. The van der Waals surface area contributed by atoms with Crippen molar-refractivity contribution in [3.63, 3.8) is 0 Å². The number of carbonyl (C=O) groups is 1. The van der Waals surface area contributed by atoms with E-state index >= 15 is 0 Å². The molecule has 20 heavy (non-hydrogen) atoms. The minimum atomic E-state index is 0.0174. The summed E-state index contributed by atoms with van der Waals surface area (Å²) >= 11 is 0. The van der Waals surface area contributed by atoms with Gasteiger partial charge in [-0.1, -0.05) is 12.1 Å². The molecule has 0 spiro atoms. The third-order valence-electron chi connectivity index (χ3n) is 3.71. The number of rotatable bonds is 4. The van der Waals surface area contributed by atoms with Gasteiger partial charge in [-0.2, -0.15) is 0 Å². The van der Waals surface area contributed by atoms with Crippen LogP contribution >= 0.6 is 0 Å². The lowest BCUT2D eigenvalue weighted by Gasteiger charge is -2.10. The Bertz CT molecular complexity index is 611. The van der Waals surface area contributed by atoms with E-state index in [1.165, 1.54) is 0 Å². The SMILES string of the molecule is Cc1ccc2c(CC(=O)NC[C@@H]3CCCO3)coc2c1. The largest absolute Gasteiger partial charge is 0.464 e. The molecular weight excluding hydrogens is 254 g/mol. The molecule has 0 saturated carbocycles. The number of hydrogen-bond donors (Lipinski definition) is 1. The van der Waals surface area contributed by atoms with E-state index in [4.69, 9.17) is 9.15 Å². The fourth-order valence-corrected chi connectivity index (χ4v) is 2.60. The van der Waals surface area contributed by atoms with Gasteiger partial charge < -0.3 is 14.5 Å². The molecule has 1 aliphatic heterocycles. The van der Waals surface area contributed by atoms with Gasteiger partial charge in [0.05, 0.1) is 18.8 Å². The van der Waals surface area contributed by atoms with Crippen molar-refractivity contribution in [2.45, 2.75) is 32.3 Å². The summed E-state index contributed by atoms with van der Waals surface area (Å²) < 4.78 is 11.0. The van der Waals surface area contributed by atoms with Crippen molar-refractivity contribution in [1.82, 2.24) is 5.32 Å². The molecule has 3 rings (SSSR count). The van der Waals surface area contributed by atoms with Gasteiger partial charge in [-0.05, 0) is 31.4 Å². The minimum Gasteiger partial charge on any atom is -0.464 e. The van der Waals surface area contributed by atoms with Crippen LogP contribution in [-0.4, -0.2) is 25.2 Å². The van der Waals surface area contributed by atoms with Crippen molar-refractivity contribution in [3.05, 3.63) is 35.6 Å². The van der Waals surface area contributed by atoms with Gasteiger partial charge in [0.2, 0.25) is 5.91 Å². The molecule has 1 amide bonds. The summed E-state index contributed by atoms with van der Waals surface area (Å²) in [5.74, 6) is 0.0174. The third kappa shape index (κ3) is 2.85. The molecule has 1 atom stereocenters. The summed E-state index contributed by atoms with van der Waals surface area (Å²) in [4.78, 5) is 12.0. The van der Waals surface area contributed by atoms with Crippen LogP contribution in [0.2, 0.25) is 0 Å². The first-order valence-electron chi connectivity index (χ1n) is 7.07. The van der Waals surface area contributed by atoms with Crippen LogP contribution in [0.15, 0.2) is 28.9 Å². The van der Waals surface area contributed by atoms with Gasteiger partial charge in [0.1, 0.15) is 5.58 Å². The van der Waals surface area contributed by atoms with Crippen LogP contribution in [0.3, 0.4) is 0 Å². The van der Waals surface area contributed by atoms with E-state index in [-0.39, 0.29) is 12.0 Å². The fraction of sp³-hybridized carbons (Fsp3) is 0.438. The molecule has 2 aromatic rings. The number of ether oxygens (including phenoxy) is 1. The summed E-state index contributed by atoms with van der Waals surface area (Å²) in [7, 11) is 0. The molecule has 2 heterocycles. The molecule has 0 bridgehead atoms. The summed E-state index contributed by atoms with van der Waals surface area (Å²) in [6.45, 7) is 3.44. The highest BCUT2D eigenvalue weighted by Crippen LogP contribution is 2.22. The zero-order valence-corrected chi connectivity index (χ0v) is 11.6. The normalized spacial score (nSPS) is 18.6. The maximum atomic E-state index is 12.0. The van der Waals surface area contributed by atoms with Gasteiger partial charge in [-0.15, -0.1) is 0 Å². The Kier molecular flexibility index (Phi) is 3.74. The number of furan rings is 1. The highest BCUT2D eigenvalue weighted by atomic mass is 16.5. The van der Waals surface area contributed by atoms with E-state index in [1.807, 2.05) is 25.1 Å². The summed E-state index contributed by atoms with van der Waals surface area (Å²) in [6.07, 6.45) is 4.33. The van der Waals surface area contributed by atoms with Crippen LogP contribution in [0.5, 0.6) is 0 Å². The van der Waals surface area contributed by atoms with Crippen LogP contribution in [0, 0.1) is 6.92 Å². The van der Waals surface area contributed by atoms with Crippen molar-refractivity contribution < 1.29 is 13.9 Å². The predicted octanol–water partition coefficient (Wildman–Crippen LogP) is 2.58. The average molecular weight is 273 g/mol. The Hall–Kier alpha value is -1.81. The first kappa shape index (κ1) is 13.2. The Labute approximate surface area is 118 Å². The van der Waals surface area contributed by atoms with Gasteiger partial charge >= 0.3 is 0 Å². The van der Waals surface area contributed by atoms with Crippen molar-refractivity contribution in [2.75, 3.05) is 13.2 Å². The van der Waals surface area contributed by atoms with Crippen molar-refractivity contribution >= 4 is 16.9 Å². The number of nitrogens with one attached hydrogen (secondary N) is 1. The standard InChI is InChI=1S/C16H19NO3/c1-11-4-5-14-12(10-20-15(14)7-11)8-16(18)17-9-13-3-2-6-19-13/h4-5,7,10,13H,2-3,6,8-9H2,1H3,(H,17,18)/t13-/m0/s1. The molecular formula is C16H19NO3. The molecule has 1 saturated heterocycles. The van der Waals surface area contributed by atoms with E-state index in [0.29, 0.717) is 13.0 Å². The molecule has 1 aromatic carbocycles. The van der Waals surface area contributed by atoms with Gasteiger partial charge in [0.25, 0.3) is 0 Å². The average Bonchev–Trinajstić information content (AvgIpc) is 3.06. The maximum absolute atomic E-state index is 12.0. The number of benzene rings is 1. The second-order valence-electron chi connectivity index (χ2n) is 5.38. The predicted molar refractivity (Wildman–Crippen MR) is 76.6 cm³/mol. The fourth-order valence-electron chi connectivity index (χ4n) is 2.60. The minimum absolute atomic E-state index is 0.0174. The van der Waals surface area contributed by atoms with E-state index in [2.05, 4.69) is 5.32 Å². The Balaban J connectivity index is 1.62. The molecule has 1 aromatic heterocycles. The summed E-state index contributed by atoms with van der Waals surface area (Å²) in [6, 6.07) is 6.03. The lowest BCUT2D eigenvalue weighted by atomic mass is 10.1. The highest BCUT2D eigenvalue weighted by Gasteiger charge is 2.17. The molecule has 1 aliphatic rings. The van der Waals surface area contributed by atoms with Crippen LogP contribution < -0.4 is 5.32 Å². The lowest BCUT2D eigenvalue weighted by Crippen LogP contribution is -2.32. The molecule has 4 heteroatoms. The van der Waals surface area contributed by atoms with Crippen molar-refractivity contribution in [1.29, 1.82) is 0 Å². The molecule has 0 aliphatic carbocycles. The Morgan fingerprint density at radius 2 is 2.35 bits per heavy atom. The number of fused-ring (bicyclic) bond motifs is 1. The maximum Gasteiger partial charge on any atom is 0.224 e. The van der Waals surface area contributed by atoms with E-state index in [0.717, 1.165) is 41.5 Å². The first-order valence-corrected chi connectivity index (χ1v) is 7.07. The topological polar surface area (TPSA) is 51.5 Å². The smallest absolute Gasteiger partial charge is 0.224 e. The van der Waals surface area contributed by atoms with Gasteiger partial charge in [0.15, 0.2) is 0 Å². The quantitative estimate of drug-likeness (QED) is 0.931. The zero-order valence-electron chi connectivity index (χ0n) is 11.6. The second kappa shape index (κ2) is 5.67. The second-order valence-corrected chi connectivity index (χ2v) is 5.38. The third-order valence-corrected chi connectivity index (χ3v) is 3.71. The molecule has 4 nitrogen and oxygen atoms in total. The molecule has 1 N–H and O–H groups in total. The van der Waals surface area contributed by atoms with Crippen LogP contribution in [0.25, 0.3) is 11.0 Å². The van der Waals surface area contributed by atoms with Crippen LogP contribution in [-0.2, 0) is 16.0 Å². The van der Waals surface area contributed by atoms with Crippen molar-refractivity contribution in [3.8, 4) is 0 Å². The number of carbonyl (C=O) groups excluding carboxylic acids is 1. The van der Waals surface area contributed by atoms with Crippen LogP contribution in [0.4, 0.5) is 0 Å². The Morgan fingerprint density at radius 1 is 1.45 bits per heavy atom. The molecule has 106 valence electrons. The van der Waals surface area contributed by atoms with E-state index < -0.39 is 0 Å². The van der Waals surface area contributed by atoms with Gasteiger partial charge in [-0.25, -0.2) is 0 Å². The summed E-state index contributed by atoms with van der Waals surface area (Å²) in [5.41, 5.74) is 2.93. The highest BCUT2D eigenvalue weighted by molar-refractivity contribution is 5.87. The van der Waals surface area contributed by atoms with Gasteiger partial charge in [0, 0.05) is 24.1 Å². The van der Waals surface area contributed by atoms with Crippen molar-refractivity contribution in [2.24, 2.45) is 0 Å². The first-order chi connectivity index (χ1) is 9.72. The number of hydrogen-bond acceptors (Lipinski definition) is 3. The summed E-state index contributed by atoms with van der Waals surface area (Å²) in [5, 5.41) is 3.95. The number of aryl methyl sites for hydroxylation is 1. The van der Waals surface area contributed by atoms with Crippen LogP contribution in [0.1, 0.15) is 24.0 Å². The Morgan fingerprint density at radius 3 is 3.15 bits per heavy atom. The van der Waals surface area contributed by atoms with Gasteiger partial charge in [-0.3, -0.25) is 4.79 Å². The monoisotopic (exact) mass is 273 g/mol. The van der Waals surface area contributed by atoms with E-state index in [1.54, 1.807) is 6.26 Å². The number of amides is 1. The molecule has 0 radical (unpaired) electrons. The molecule has 0 unspecified atom stereocenters. The molecule has 1 fully saturated rings. The van der Waals surface area contributed by atoms with E-state index in [9.17, 15) is 4.79 Å².